The number of anilines is 3. The average Bonchev–Trinajstić information content (AvgIpc) is 3.63. The molecular weight excluding hydrogens is 723 g/mol. The Morgan fingerprint density at radius 1 is 0.367 bits per heavy atom. The number of fused-ring (bicyclic) bond motifs is 4. The van der Waals surface area contributed by atoms with Crippen molar-refractivity contribution in [2.45, 2.75) is 43.4 Å². The summed E-state index contributed by atoms with van der Waals surface area (Å²) < 4.78 is 0. The summed E-state index contributed by atoms with van der Waals surface area (Å²) in [6.07, 6.45) is 6.61. The topological polar surface area (TPSA) is 3.24 Å². The second-order valence-corrected chi connectivity index (χ2v) is 16.6. The van der Waals surface area contributed by atoms with E-state index in [-0.39, 0.29) is 0 Å². The molecule has 2 aliphatic rings. The van der Waals surface area contributed by atoms with Gasteiger partial charge in [-0.15, -0.1) is 0 Å². The van der Waals surface area contributed by atoms with Crippen LogP contribution in [-0.2, 0) is 5.41 Å². The van der Waals surface area contributed by atoms with Crippen LogP contribution in [0.4, 0.5) is 17.1 Å². The zero-order valence-corrected chi connectivity index (χ0v) is 33.8. The first-order valence-electron chi connectivity index (χ1n) is 21.7. The second-order valence-electron chi connectivity index (χ2n) is 16.6. The quantitative estimate of drug-likeness (QED) is 0.149. The summed E-state index contributed by atoms with van der Waals surface area (Å²) in [5.74, 6) is 0.655. The zero-order valence-electron chi connectivity index (χ0n) is 33.8. The standard InChI is InChI=1S/C59H47N/c1-5-17-42(18-6-1)43-31-35-49(36-32-43)60(50-37-33-45(34-38-50)53-29-16-22-46-21-15-28-52(58(46)53)44-19-7-2-8-20-44)51-39-40-57-55(41-51)54-27-13-14-30-56(54)59(57,47-23-9-3-10-24-47)48-25-11-4-12-26-48/h2-4,7-16,19-42H,1,5-6,17-18H2. The molecule has 0 spiro atoms. The van der Waals surface area contributed by atoms with Gasteiger partial charge in [-0.05, 0) is 127 Å². The lowest BCUT2D eigenvalue weighted by Crippen LogP contribution is -2.28. The van der Waals surface area contributed by atoms with Crippen molar-refractivity contribution in [2.24, 2.45) is 0 Å². The summed E-state index contributed by atoms with van der Waals surface area (Å²) in [6, 6.07) is 81.3. The molecule has 2 aliphatic carbocycles. The van der Waals surface area contributed by atoms with Crippen molar-refractivity contribution in [3.63, 3.8) is 0 Å². The third kappa shape index (κ3) is 6.08. The maximum absolute atomic E-state index is 2.46. The first-order chi connectivity index (χ1) is 29.8. The Labute approximate surface area is 354 Å². The van der Waals surface area contributed by atoms with Crippen molar-refractivity contribution in [1.82, 2.24) is 0 Å². The Balaban J connectivity index is 1.07. The number of hydrogen-bond acceptors (Lipinski definition) is 1. The van der Waals surface area contributed by atoms with Crippen molar-refractivity contribution in [3.05, 3.63) is 246 Å². The van der Waals surface area contributed by atoms with E-state index in [1.54, 1.807) is 0 Å². The highest BCUT2D eigenvalue weighted by Gasteiger charge is 2.46. The first-order valence-corrected chi connectivity index (χ1v) is 21.7. The van der Waals surface area contributed by atoms with E-state index in [9.17, 15) is 0 Å². The average molecular weight is 770 g/mol. The van der Waals surface area contributed by atoms with Crippen LogP contribution in [0, 0.1) is 0 Å². The van der Waals surface area contributed by atoms with E-state index in [1.165, 1.54) is 110 Å². The number of rotatable bonds is 8. The van der Waals surface area contributed by atoms with Crippen molar-refractivity contribution < 1.29 is 0 Å². The Hall–Kier alpha value is -6.96. The molecule has 0 amide bonds. The molecule has 11 rings (SSSR count). The normalized spacial score (nSPS) is 14.4. The molecule has 1 fully saturated rings. The van der Waals surface area contributed by atoms with Crippen LogP contribution in [0.1, 0.15) is 65.8 Å². The zero-order chi connectivity index (χ0) is 39.9. The first kappa shape index (κ1) is 36.1. The molecule has 0 N–H and O–H groups in total. The molecule has 0 radical (unpaired) electrons. The van der Waals surface area contributed by atoms with E-state index in [1.807, 2.05) is 0 Å². The van der Waals surface area contributed by atoms with E-state index in [0.29, 0.717) is 5.92 Å². The minimum atomic E-state index is -0.432. The van der Waals surface area contributed by atoms with Gasteiger partial charge >= 0.3 is 0 Å². The smallest absolute Gasteiger partial charge is 0.0713 e. The highest BCUT2D eigenvalue weighted by molar-refractivity contribution is 6.06. The van der Waals surface area contributed by atoms with Gasteiger partial charge in [-0.3, -0.25) is 0 Å². The van der Waals surface area contributed by atoms with Crippen LogP contribution in [0.15, 0.2) is 218 Å². The van der Waals surface area contributed by atoms with E-state index < -0.39 is 5.41 Å². The van der Waals surface area contributed by atoms with E-state index >= 15 is 0 Å². The van der Waals surface area contributed by atoms with Gasteiger partial charge in [0.15, 0.2) is 0 Å². The number of hydrogen-bond donors (Lipinski definition) is 0. The fourth-order valence-corrected chi connectivity index (χ4v) is 10.6. The Kier molecular flexibility index (Phi) is 9.23. The molecule has 1 heteroatoms. The lowest BCUT2D eigenvalue weighted by atomic mass is 9.68. The molecule has 9 aromatic rings. The predicted octanol–water partition coefficient (Wildman–Crippen LogP) is 16.1. The maximum atomic E-state index is 2.46. The summed E-state index contributed by atoms with van der Waals surface area (Å²) in [5, 5.41) is 2.53. The molecule has 1 saturated carbocycles. The van der Waals surface area contributed by atoms with E-state index in [4.69, 9.17) is 0 Å². The number of benzene rings is 9. The van der Waals surface area contributed by atoms with Gasteiger partial charge in [0.2, 0.25) is 0 Å². The van der Waals surface area contributed by atoms with Crippen molar-refractivity contribution in [1.29, 1.82) is 0 Å². The van der Waals surface area contributed by atoms with Gasteiger partial charge in [0, 0.05) is 17.1 Å². The van der Waals surface area contributed by atoms with Crippen LogP contribution >= 0.6 is 0 Å². The minimum Gasteiger partial charge on any atom is -0.310 e. The summed E-state index contributed by atoms with van der Waals surface area (Å²) >= 11 is 0. The lowest BCUT2D eigenvalue weighted by molar-refractivity contribution is 0.443. The summed E-state index contributed by atoms with van der Waals surface area (Å²) in [5.41, 5.74) is 17.2. The van der Waals surface area contributed by atoms with E-state index in [0.717, 1.165) is 11.4 Å². The molecule has 0 aromatic heterocycles. The Bertz CT molecular complexity index is 2880. The second kappa shape index (κ2) is 15.3. The molecule has 60 heavy (non-hydrogen) atoms. The van der Waals surface area contributed by atoms with E-state index in [2.05, 4.69) is 223 Å². The highest BCUT2D eigenvalue weighted by atomic mass is 15.1. The summed E-state index contributed by atoms with van der Waals surface area (Å²) in [6.45, 7) is 0. The summed E-state index contributed by atoms with van der Waals surface area (Å²) in [7, 11) is 0. The van der Waals surface area contributed by atoms with Gasteiger partial charge in [-0.2, -0.15) is 0 Å². The Morgan fingerprint density at radius 3 is 1.50 bits per heavy atom. The van der Waals surface area contributed by atoms with Crippen molar-refractivity contribution in [2.75, 3.05) is 4.90 Å². The van der Waals surface area contributed by atoms with Gasteiger partial charge in [-0.25, -0.2) is 0 Å². The molecule has 0 unspecified atom stereocenters. The van der Waals surface area contributed by atoms with Crippen molar-refractivity contribution in [3.8, 4) is 33.4 Å². The molecule has 0 aliphatic heterocycles. The molecule has 0 saturated heterocycles. The molecule has 0 bridgehead atoms. The van der Waals surface area contributed by atoms with Crippen LogP contribution in [0.25, 0.3) is 44.2 Å². The summed E-state index contributed by atoms with van der Waals surface area (Å²) in [4.78, 5) is 2.46. The van der Waals surface area contributed by atoms with Crippen LogP contribution in [0.2, 0.25) is 0 Å². The van der Waals surface area contributed by atoms with Gasteiger partial charge in [-0.1, -0.05) is 201 Å². The fourth-order valence-electron chi connectivity index (χ4n) is 10.6. The molecule has 1 nitrogen and oxygen atoms in total. The molecule has 288 valence electrons. The van der Waals surface area contributed by atoms with Crippen LogP contribution in [0.3, 0.4) is 0 Å². The van der Waals surface area contributed by atoms with Crippen LogP contribution < -0.4 is 4.90 Å². The highest BCUT2D eigenvalue weighted by Crippen LogP contribution is 2.57. The largest absolute Gasteiger partial charge is 0.310 e. The van der Waals surface area contributed by atoms with Gasteiger partial charge in [0.1, 0.15) is 0 Å². The lowest BCUT2D eigenvalue weighted by Gasteiger charge is -2.34. The minimum absolute atomic E-state index is 0.432. The van der Waals surface area contributed by atoms with Crippen LogP contribution in [0.5, 0.6) is 0 Å². The SMILES string of the molecule is c1ccc(-c2cccc3cccc(-c4ccc(N(c5ccc(C6CCCCC6)cc5)c5ccc6c(c5)-c5ccccc5C6(c5ccccc5)c5ccccc5)cc4)c23)cc1. The maximum Gasteiger partial charge on any atom is 0.0713 e. The predicted molar refractivity (Wildman–Crippen MR) is 253 cm³/mol. The monoisotopic (exact) mass is 769 g/mol. The van der Waals surface area contributed by atoms with Crippen molar-refractivity contribution >= 4 is 27.8 Å². The van der Waals surface area contributed by atoms with Gasteiger partial charge < -0.3 is 4.90 Å². The molecule has 0 heterocycles. The van der Waals surface area contributed by atoms with Gasteiger partial charge in [0.25, 0.3) is 0 Å². The third-order valence-electron chi connectivity index (χ3n) is 13.4. The Morgan fingerprint density at radius 2 is 0.867 bits per heavy atom. The molecule has 9 aromatic carbocycles. The van der Waals surface area contributed by atoms with Crippen LogP contribution in [-0.4, -0.2) is 0 Å². The third-order valence-corrected chi connectivity index (χ3v) is 13.4. The van der Waals surface area contributed by atoms with Gasteiger partial charge in [0.05, 0.1) is 5.41 Å². The molecular formula is C59H47N. The molecule has 0 atom stereocenters. The fraction of sp³-hybridized carbons (Fsp3) is 0.119. The number of nitrogens with zero attached hydrogens (tertiary/aromatic N) is 1.